The second-order valence-electron chi connectivity index (χ2n) is 7.48. The molecule has 3 rings (SSSR count). The number of hydrogen-bond donors (Lipinski definition) is 1. The number of rotatable bonds is 3. The van der Waals surface area contributed by atoms with E-state index in [-0.39, 0.29) is 5.54 Å². The standard InChI is InChI=1S/C20H31N/c1-2-16-8-6-7-11-19(16)20(21)14-12-18(13-15-20)17-9-4-3-5-10-17/h3-5,9-10,16,18-19H,2,6-8,11-15,21H2,1H3. The van der Waals surface area contributed by atoms with Gasteiger partial charge in [-0.25, -0.2) is 0 Å². The van der Waals surface area contributed by atoms with Crippen molar-refractivity contribution < 1.29 is 0 Å². The minimum atomic E-state index is 0.131. The quantitative estimate of drug-likeness (QED) is 0.805. The number of hydrogen-bond acceptors (Lipinski definition) is 1. The van der Waals surface area contributed by atoms with Crippen LogP contribution in [0.2, 0.25) is 0 Å². The molecule has 0 saturated heterocycles. The fourth-order valence-electron chi connectivity index (χ4n) is 5.04. The lowest BCUT2D eigenvalue weighted by Crippen LogP contribution is -2.52. The second-order valence-corrected chi connectivity index (χ2v) is 7.48. The Morgan fingerprint density at radius 2 is 1.67 bits per heavy atom. The molecule has 0 spiro atoms. The molecule has 1 nitrogen and oxygen atoms in total. The van der Waals surface area contributed by atoms with E-state index < -0.39 is 0 Å². The van der Waals surface area contributed by atoms with Gasteiger partial charge in [-0.1, -0.05) is 62.9 Å². The summed E-state index contributed by atoms with van der Waals surface area (Å²) in [7, 11) is 0. The van der Waals surface area contributed by atoms with Crippen LogP contribution in [0.4, 0.5) is 0 Å². The molecular formula is C20H31N. The Bertz CT molecular complexity index is 430. The highest BCUT2D eigenvalue weighted by Crippen LogP contribution is 2.47. The average Bonchev–Trinajstić information content (AvgIpc) is 2.56. The highest BCUT2D eigenvalue weighted by Gasteiger charge is 2.42. The molecule has 21 heavy (non-hydrogen) atoms. The topological polar surface area (TPSA) is 26.0 Å². The van der Waals surface area contributed by atoms with Crippen LogP contribution in [0.15, 0.2) is 30.3 Å². The van der Waals surface area contributed by atoms with E-state index in [1.807, 2.05) is 0 Å². The molecule has 0 heterocycles. The van der Waals surface area contributed by atoms with E-state index in [1.165, 1.54) is 63.4 Å². The monoisotopic (exact) mass is 285 g/mol. The van der Waals surface area contributed by atoms with Gasteiger partial charge in [-0.05, 0) is 55.4 Å². The first-order valence-electron chi connectivity index (χ1n) is 9.07. The van der Waals surface area contributed by atoms with Gasteiger partial charge in [-0.15, -0.1) is 0 Å². The van der Waals surface area contributed by atoms with Gasteiger partial charge in [0.15, 0.2) is 0 Å². The first-order chi connectivity index (χ1) is 10.2. The molecule has 116 valence electrons. The zero-order valence-electron chi connectivity index (χ0n) is 13.6. The normalized spacial score (nSPS) is 37.3. The van der Waals surface area contributed by atoms with Gasteiger partial charge in [0, 0.05) is 5.54 Å². The van der Waals surface area contributed by atoms with E-state index >= 15 is 0 Å². The van der Waals surface area contributed by atoms with Gasteiger partial charge in [0.1, 0.15) is 0 Å². The zero-order chi connectivity index (χ0) is 14.7. The third-order valence-electron chi connectivity index (χ3n) is 6.36. The smallest absolute Gasteiger partial charge is 0.0185 e. The van der Waals surface area contributed by atoms with Crippen molar-refractivity contribution in [1.82, 2.24) is 0 Å². The van der Waals surface area contributed by atoms with Crippen molar-refractivity contribution in [3.8, 4) is 0 Å². The van der Waals surface area contributed by atoms with Gasteiger partial charge in [-0.3, -0.25) is 0 Å². The molecule has 0 bridgehead atoms. The van der Waals surface area contributed by atoms with Crippen molar-refractivity contribution in [2.24, 2.45) is 17.6 Å². The predicted octanol–water partition coefficient (Wildman–Crippen LogP) is 5.26. The van der Waals surface area contributed by atoms with Crippen LogP contribution in [0, 0.1) is 11.8 Å². The fourth-order valence-corrected chi connectivity index (χ4v) is 5.04. The van der Waals surface area contributed by atoms with Crippen molar-refractivity contribution in [1.29, 1.82) is 0 Å². The Morgan fingerprint density at radius 3 is 2.33 bits per heavy atom. The van der Waals surface area contributed by atoms with Gasteiger partial charge in [0.2, 0.25) is 0 Å². The zero-order valence-corrected chi connectivity index (χ0v) is 13.6. The van der Waals surface area contributed by atoms with Crippen molar-refractivity contribution in [2.75, 3.05) is 0 Å². The Kier molecular flexibility index (Phi) is 4.69. The molecule has 1 heteroatoms. The molecule has 2 saturated carbocycles. The van der Waals surface area contributed by atoms with E-state index in [2.05, 4.69) is 37.3 Å². The van der Waals surface area contributed by atoms with Gasteiger partial charge < -0.3 is 5.73 Å². The predicted molar refractivity (Wildman–Crippen MR) is 90.3 cm³/mol. The largest absolute Gasteiger partial charge is 0.325 e. The first-order valence-corrected chi connectivity index (χ1v) is 9.07. The van der Waals surface area contributed by atoms with Crippen molar-refractivity contribution in [3.63, 3.8) is 0 Å². The molecule has 2 fully saturated rings. The molecule has 1 aromatic carbocycles. The molecule has 2 aliphatic rings. The maximum absolute atomic E-state index is 6.94. The van der Waals surface area contributed by atoms with Crippen LogP contribution in [-0.2, 0) is 0 Å². The van der Waals surface area contributed by atoms with E-state index in [1.54, 1.807) is 0 Å². The molecule has 2 N–H and O–H groups in total. The molecule has 2 aliphatic carbocycles. The summed E-state index contributed by atoms with van der Waals surface area (Å²) >= 11 is 0. The van der Waals surface area contributed by atoms with Crippen LogP contribution in [-0.4, -0.2) is 5.54 Å². The summed E-state index contributed by atoms with van der Waals surface area (Å²) in [6.07, 6.45) is 12.0. The Labute approximate surface area is 130 Å². The summed E-state index contributed by atoms with van der Waals surface area (Å²) in [6.45, 7) is 2.36. The van der Waals surface area contributed by atoms with Crippen LogP contribution >= 0.6 is 0 Å². The molecule has 0 amide bonds. The lowest BCUT2D eigenvalue weighted by molar-refractivity contribution is 0.0900. The first kappa shape index (κ1) is 15.1. The van der Waals surface area contributed by atoms with Crippen LogP contribution in [0.25, 0.3) is 0 Å². The minimum absolute atomic E-state index is 0.131. The molecule has 2 unspecified atom stereocenters. The summed E-state index contributed by atoms with van der Waals surface area (Å²) in [5.74, 6) is 2.41. The molecule has 0 aliphatic heterocycles. The highest BCUT2D eigenvalue weighted by molar-refractivity contribution is 5.20. The third-order valence-corrected chi connectivity index (χ3v) is 6.36. The van der Waals surface area contributed by atoms with Crippen LogP contribution in [0.5, 0.6) is 0 Å². The fraction of sp³-hybridized carbons (Fsp3) is 0.700. The SMILES string of the molecule is CCC1CCCCC1C1(N)CCC(c2ccccc2)CC1. The molecule has 0 radical (unpaired) electrons. The Hall–Kier alpha value is -0.820. The van der Waals surface area contributed by atoms with Crippen LogP contribution < -0.4 is 5.73 Å². The van der Waals surface area contributed by atoms with Gasteiger partial charge in [0.25, 0.3) is 0 Å². The molecular weight excluding hydrogens is 254 g/mol. The third kappa shape index (κ3) is 3.18. The lowest BCUT2D eigenvalue weighted by atomic mass is 9.61. The van der Waals surface area contributed by atoms with E-state index in [0.717, 1.165) is 17.8 Å². The molecule has 2 atom stereocenters. The van der Waals surface area contributed by atoms with Crippen molar-refractivity contribution in [2.45, 2.75) is 76.2 Å². The summed E-state index contributed by atoms with van der Waals surface area (Å²) in [6, 6.07) is 11.1. The minimum Gasteiger partial charge on any atom is -0.325 e. The molecule has 1 aromatic rings. The van der Waals surface area contributed by atoms with Gasteiger partial charge in [0.05, 0.1) is 0 Å². The van der Waals surface area contributed by atoms with Gasteiger partial charge >= 0.3 is 0 Å². The average molecular weight is 285 g/mol. The molecule has 0 aromatic heterocycles. The highest BCUT2D eigenvalue weighted by atomic mass is 14.8. The maximum Gasteiger partial charge on any atom is 0.0185 e. The summed E-state index contributed by atoms with van der Waals surface area (Å²) in [5, 5.41) is 0. The van der Waals surface area contributed by atoms with E-state index in [4.69, 9.17) is 5.73 Å². The summed E-state index contributed by atoms with van der Waals surface area (Å²) < 4.78 is 0. The summed E-state index contributed by atoms with van der Waals surface area (Å²) in [5.41, 5.74) is 8.59. The van der Waals surface area contributed by atoms with Gasteiger partial charge in [-0.2, -0.15) is 0 Å². The Balaban J connectivity index is 1.66. The van der Waals surface area contributed by atoms with Crippen molar-refractivity contribution in [3.05, 3.63) is 35.9 Å². The number of nitrogens with two attached hydrogens (primary N) is 1. The second kappa shape index (κ2) is 6.52. The van der Waals surface area contributed by atoms with Crippen molar-refractivity contribution >= 4 is 0 Å². The summed E-state index contributed by atoms with van der Waals surface area (Å²) in [4.78, 5) is 0. The Morgan fingerprint density at radius 1 is 1.00 bits per heavy atom. The van der Waals surface area contributed by atoms with Crippen LogP contribution in [0.1, 0.15) is 76.2 Å². The van der Waals surface area contributed by atoms with Crippen LogP contribution in [0.3, 0.4) is 0 Å². The lowest BCUT2D eigenvalue weighted by Gasteiger charge is -2.48. The maximum atomic E-state index is 6.94. The van der Waals surface area contributed by atoms with E-state index in [0.29, 0.717) is 0 Å². The number of benzene rings is 1. The van der Waals surface area contributed by atoms with E-state index in [9.17, 15) is 0 Å².